The Labute approximate surface area is 128 Å². The number of carboxylic acids is 1. The first kappa shape index (κ1) is 15.9. The summed E-state index contributed by atoms with van der Waals surface area (Å²) in [5, 5.41) is 11.9. The fourth-order valence-electron chi connectivity index (χ4n) is 2.72. The molecular formula is C15H19N3O4. The predicted molar refractivity (Wildman–Crippen MR) is 78.2 cm³/mol. The summed E-state index contributed by atoms with van der Waals surface area (Å²) in [5.41, 5.74) is 0.907. The zero-order valence-electron chi connectivity index (χ0n) is 12.6. The number of piperidine rings is 1. The number of pyridine rings is 1. The lowest BCUT2D eigenvalue weighted by molar-refractivity contribution is -0.145. The van der Waals surface area contributed by atoms with Gasteiger partial charge >= 0.3 is 5.97 Å². The number of likely N-dealkylation sites (tertiary alicyclic amines) is 1. The monoisotopic (exact) mass is 305 g/mol. The van der Waals surface area contributed by atoms with Crippen molar-refractivity contribution >= 4 is 17.8 Å². The van der Waals surface area contributed by atoms with E-state index in [1.807, 2.05) is 0 Å². The summed E-state index contributed by atoms with van der Waals surface area (Å²) in [7, 11) is 1.53. The number of carboxylic acid groups (broad SMARTS) is 1. The van der Waals surface area contributed by atoms with Crippen molar-refractivity contribution in [2.45, 2.75) is 25.8 Å². The van der Waals surface area contributed by atoms with E-state index in [-0.39, 0.29) is 24.6 Å². The molecule has 0 spiro atoms. The maximum Gasteiger partial charge on any atom is 0.326 e. The van der Waals surface area contributed by atoms with Crippen LogP contribution in [0.1, 0.15) is 28.9 Å². The number of aromatic nitrogens is 1. The molecule has 1 aromatic rings. The van der Waals surface area contributed by atoms with Crippen LogP contribution in [-0.2, 0) is 9.59 Å². The van der Waals surface area contributed by atoms with Crippen LogP contribution in [0.5, 0.6) is 0 Å². The van der Waals surface area contributed by atoms with Crippen molar-refractivity contribution in [3.05, 3.63) is 29.6 Å². The number of amides is 2. The predicted octanol–water partition coefficient (Wildman–Crippen LogP) is 0.441. The molecule has 0 saturated carbocycles. The third kappa shape index (κ3) is 3.08. The van der Waals surface area contributed by atoms with E-state index in [1.165, 1.54) is 18.1 Å². The number of nitrogens with one attached hydrogen (secondary N) is 1. The molecule has 1 aliphatic rings. The Bertz CT molecular complexity index is 602. The van der Waals surface area contributed by atoms with Crippen molar-refractivity contribution in [3.8, 4) is 0 Å². The number of carbonyl (C=O) groups is 3. The van der Waals surface area contributed by atoms with E-state index < -0.39 is 23.8 Å². The lowest BCUT2D eigenvalue weighted by Gasteiger charge is -2.36. The van der Waals surface area contributed by atoms with E-state index in [4.69, 9.17) is 0 Å². The largest absolute Gasteiger partial charge is 0.480 e. The van der Waals surface area contributed by atoms with Gasteiger partial charge in [-0.1, -0.05) is 6.07 Å². The molecule has 0 bridgehead atoms. The molecule has 118 valence electrons. The second kappa shape index (κ2) is 6.55. The minimum atomic E-state index is -1.06. The average Bonchev–Trinajstić information content (AvgIpc) is 2.53. The van der Waals surface area contributed by atoms with Crippen LogP contribution in [0.15, 0.2) is 18.3 Å². The van der Waals surface area contributed by atoms with Crippen molar-refractivity contribution in [1.29, 1.82) is 0 Å². The summed E-state index contributed by atoms with van der Waals surface area (Å²) in [6, 6.07) is 2.54. The molecule has 0 aliphatic carbocycles. The molecule has 1 aromatic heterocycles. The quantitative estimate of drug-likeness (QED) is 0.844. The molecule has 1 saturated heterocycles. The molecule has 0 aromatic carbocycles. The molecule has 0 radical (unpaired) electrons. The van der Waals surface area contributed by atoms with Crippen LogP contribution in [-0.4, -0.2) is 52.4 Å². The summed E-state index contributed by atoms with van der Waals surface area (Å²) < 4.78 is 0. The van der Waals surface area contributed by atoms with Crippen molar-refractivity contribution in [2.24, 2.45) is 5.92 Å². The maximum atomic E-state index is 12.7. The third-order valence-corrected chi connectivity index (χ3v) is 3.96. The van der Waals surface area contributed by atoms with Crippen LogP contribution in [0.3, 0.4) is 0 Å². The molecule has 22 heavy (non-hydrogen) atoms. The van der Waals surface area contributed by atoms with Gasteiger partial charge in [-0.15, -0.1) is 0 Å². The Kier molecular flexibility index (Phi) is 4.75. The Morgan fingerprint density at radius 1 is 1.36 bits per heavy atom. The van der Waals surface area contributed by atoms with E-state index in [1.54, 1.807) is 19.1 Å². The van der Waals surface area contributed by atoms with Gasteiger partial charge in [0.15, 0.2) is 0 Å². The third-order valence-electron chi connectivity index (χ3n) is 3.96. The Balaban J connectivity index is 2.29. The van der Waals surface area contributed by atoms with Crippen molar-refractivity contribution in [2.75, 3.05) is 13.6 Å². The van der Waals surface area contributed by atoms with Crippen molar-refractivity contribution in [1.82, 2.24) is 15.2 Å². The highest BCUT2D eigenvalue weighted by Crippen LogP contribution is 2.24. The van der Waals surface area contributed by atoms with Crippen LogP contribution >= 0.6 is 0 Å². The van der Waals surface area contributed by atoms with Gasteiger partial charge in [-0.05, 0) is 31.4 Å². The zero-order chi connectivity index (χ0) is 16.3. The number of hydrogen-bond acceptors (Lipinski definition) is 4. The number of rotatable bonds is 3. The van der Waals surface area contributed by atoms with E-state index in [0.29, 0.717) is 12.0 Å². The Morgan fingerprint density at radius 3 is 2.68 bits per heavy atom. The molecule has 1 aliphatic heterocycles. The smallest absolute Gasteiger partial charge is 0.326 e. The van der Waals surface area contributed by atoms with Gasteiger partial charge in [0.25, 0.3) is 5.91 Å². The molecule has 2 amide bonds. The van der Waals surface area contributed by atoms with Crippen LogP contribution < -0.4 is 5.32 Å². The number of nitrogens with zero attached hydrogens (tertiary/aromatic N) is 2. The number of hydrogen-bond donors (Lipinski definition) is 2. The SMILES string of the molecule is CNC(=O)[C@H]1CC[C@@H](C(=O)O)N(C(=O)c2ncccc2C)C1. The highest BCUT2D eigenvalue weighted by atomic mass is 16.4. The van der Waals surface area contributed by atoms with Gasteiger partial charge in [-0.3, -0.25) is 14.6 Å². The summed E-state index contributed by atoms with van der Waals surface area (Å²) in [5.74, 6) is -2.08. The fraction of sp³-hybridized carbons (Fsp3) is 0.467. The van der Waals surface area contributed by atoms with Crippen molar-refractivity contribution < 1.29 is 19.5 Å². The number of aliphatic carboxylic acids is 1. The van der Waals surface area contributed by atoms with Gasteiger partial charge in [0, 0.05) is 19.8 Å². The summed E-state index contributed by atoms with van der Waals surface area (Å²) in [6.07, 6.45) is 2.20. The average molecular weight is 305 g/mol. The molecule has 7 nitrogen and oxygen atoms in total. The van der Waals surface area contributed by atoms with Gasteiger partial charge in [-0.25, -0.2) is 4.79 Å². The van der Waals surface area contributed by atoms with Crippen molar-refractivity contribution in [3.63, 3.8) is 0 Å². The molecule has 1 fully saturated rings. The van der Waals surface area contributed by atoms with Crippen LogP contribution in [0.4, 0.5) is 0 Å². The van der Waals surface area contributed by atoms with Crippen LogP contribution in [0, 0.1) is 12.8 Å². The van der Waals surface area contributed by atoms with E-state index in [9.17, 15) is 19.5 Å². The van der Waals surface area contributed by atoms with Gasteiger partial charge in [0.05, 0.1) is 5.92 Å². The first-order valence-corrected chi connectivity index (χ1v) is 7.12. The highest BCUT2D eigenvalue weighted by molar-refractivity contribution is 5.96. The Hall–Kier alpha value is -2.44. The van der Waals surface area contributed by atoms with Gasteiger partial charge in [0.2, 0.25) is 5.91 Å². The van der Waals surface area contributed by atoms with E-state index in [2.05, 4.69) is 10.3 Å². The lowest BCUT2D eigenvalue weighted by Crippen LogP contribution is -2.53. The molecule has 2 rings (SSSR count). The fourth-order valence-corrected chi connectivity index (χ4v) is 2.72. The molecular weight excluding hydrogens is 286 g/mol. The minimum absolute atomic E-state index is 0.0888. The normalized spacial score (nSPS) is 21.3. The van der Waals surface area contributed by atoms with Crippen LogP contribution in [0.25, 0.3) is 0 Å². The standard InChI is InChI=1S/C15H19N3O4/c1-9-4-3-7-17-12(9)14(20)18-8-10(13(19)16-2)5-6-11(18)15(21)22/h3-4,7,10-11H,5-6,8H2,1-2H3,(H,16,19)(H,21,22)/t10-,11-/m0/s1. The highest BCUT2D eigenvalue weighted by Gasteiger charge is 2.39. The van der Waals surface area contributed by atoms with Crippen LogP contribution in [0.2, 0.25) is 0 Å². The molecule has 7 heteroatoms. The molecule has 0 unspecified atom stereocenters. The summed E-state index contributed by atoms with van der Waals surface area (Å²) in [6.45, 7) is 1.83. The Morgan fingerprint density at radius 2 is 2.09 bits per heavy atom. The number of carbonyl (C=O) groups excluding carboxylic acids is 2. The summed E-state index contributed by atoms with van der Waals surface area (Å²) in [4.78, 5) is 41.2. The second-order valence-electron chi connectivity index (χ2n) is 5.37. The minimum Gasteiger partial charge on any atom is -0.480 e. The van der Waals surface area contributed by atoms with Gasteiger partial charge < -0.3 is 15.3 Å². The van der Waals surface area contributed by atoms with E-state index >= 15 is 0 Å². The summed E-state index contributed by atoms with van der Waals surface area (Å²) >= 11 is 0. The second-order valence-corrected chi connectivity index (χ2v) is 5.37. The first-order valence-electron chi connectivity index (χ1n) is 7.12. The molecule has 2 heterocycles. The van der Waals surface area contributed by atoms with E-state index in [0.717, 1.165) is 0 Å². The molecule has 2 N–H and O–H groups in total. The molecule has 2 atom stereocenters. The topological polar surface area (TPSA) is 99.6 Å². The first-order chi connectivity index (χ1) is 10.5. The maximum absolute atomic E-state index is 12.7. The van der Waals surface area contributed by atoms with Gasteiger partial charge in [-0.2, -0.15) is 0 Å². The zero-order valence-corrected chi connectivity index (χ0v) is 12.6. The van der Waals surface area contributed by atoms with Gasteiger partial charge in [0.1, 0.15) is 11.7 Å². The lowest BCUT2D eigenvalue weighted by atomic mass is 9.91. The number of aryl methyl sites for hydroxylation is 1.